The molecule has 0 spiro atoms. The first-order valence-electron chi connectivity index (χ1n) is 7.26. The van der Waals surface area contributed by atoms with Gasteiger partial charge in [0, 0.05) is 5.92 Å². The number of carbonyl (C=O) groups is 1. The molecule has 1 fully saturated rings. The molecule has 0 saturated heterocycles. The van der Waals surface area contributed by atoms with E-state index in [-0.39, 0.29) is 23.1 Å². The van der Waals surface area contributed by atoms with Gasteiger partial charge in [0.15, 0.2) is 0 Å². The standard InChI is InChI=1S/C16H23NO3S/c1-11(2)15(18)10-17-21(19,20)13-7-5-12(6-8-13)14-9-16(14,3)4/h5-8,11,14,17H,9-10H2,1-4H3. The van der Waals surface area contributed by atoms with E-state index in [0.29, 0.717) is 11.3 Å². The molecule has 0 radical (unpaired) electrons. The summed E-state index contributed by atoms with van der Waals surface area (Å²) in [7, 11) is -3.61. The average Bonchev–Trinajstić information content (AvgIpc) is 3.05. The second-order valence-corrected chi connectivity index (χ2v) is 8.53. The smallest absolute Gasteiger partial charge is 0.240 e. The van der Waals surface area contributed by atoms with Crippen molar-refractivity contribution in [2.45, 2.75) is 44.9 Å². The van der Waals surface area contributed by atoms with Crippen LogP contribution in [0.25, 0.3) is 0 Å². The van der Waals surface area contributed by atoms with Gasteiger partial charge in [-0.1, -0.05) is 39.8 Å². The molecule has 2 rings (SSSR count). The number of benzene rings is 1. The summed E-state index contributed by atoms with van der Waals surface area (Å²) < 4.78 is 26.6. The van der Waals surface area contributed by atoms with Crippen LogP contribution in [0.5, 0.6) is 0 Å². The average molecular weight is 309 g/mol. The van der Waals surface area contributed by atoms with Gasteiger partial charge in [-0.15, -0.1) is 0 Å². The van der Waals surface area contributed by atoms with E-state index in [1.54, 1.807) is 26.0 Å². The molecule has 1 aromatic rings. The number of rotatable bonds is 6. The van der Waals surface area contributed by atoms with Crippen LogP contribution >= 0.6 is 0 Å². The van der Waals surface area contributed by atoms with E-state index < -0.39 is 10.0 Å². The van der Waals surface area contributed by atoms with Crippen LogP contribution in [0.1, 0.15) is 45.6 Å². The Kier molecular flexibility index (Phi) is 4.26. The van der Waals surface area contributed by atoms with Crippen LogP contribution in [0.2, 0.25) is 0 Å². The van der Waals surface area contributed by atoms with Crippen LogP contribution in [-0.4, -0.2) is 20.7 Å². The third-order valence-corrected chi connectivity index (χ3v) is 5.60. The third-order valence-electron chi connectivity index (χ3n) is 4.19. The highest BCUT2D eigenvalue weighted by Gasteiger charge is 2.46. The molecule has 1 aliphatic rings. The van der Waals surface area contributed by atoms with Gasteiger partial charge in [0.2, 0.25) is 10.0 Å². The fourth-order valence-electron chi connectivity index (χ4n) is 2.37. The molecule has 1 saturated carbocycles. The van der Waals surface area contributed by atoms with Gasteiger partial charge in [-0.05, 0) is 35.4 Å². The number of hydrogen-bond donors (Lipinski definition) is 1. The summed E-state index contributed by atoms with van der Waals surface area (Å²) in [4.78, 5) is 11.7. The van der Waals surface area contributed by atoms with Crippen LogP contribution in [-0.2, 0) is 14.8 Å². The number of sulfonamides is 1. The molecule has 0 amide bonds. The van der Waals surface area contributed by atoms with Gasteiger partial charge in [-0.2, -0.15) is 0 Å². The van der Waals surface area contributed by atoms with Crippen molar-refractivity contribution in [3.8, 4) is 0 Å². The fraction of sp³-hybridized carbons (Fsp3) is 0.562. The Bertz CT molecular complexity index is 630. The normalized spacial score (nSPS) is 20.5. The molecule has 21 heavy (non-hydrogen) atoms. The maximum atomic E-state index is 12.1. The van der Waals surface area contributed by atoms with Crippen LogP contribution in [0.4, 0.5) is 0 Å². The lowest BCUT2D eigenvalue weighted by atomic mass is 10.0. The highest BCUT2D eigenvalue weighted by molar-refractivity contribution is 7.89. The Balaban J connectivity index is 2.05. The first-order valence-corrected chi connectivity index (χ1v) is 8.74. The van der Waals surface area contributed by atoms with E-state index in [0.717, 1.165) is 6.42 Å². The van der Waals surface area contributed by atoms with E-state index in [1.165, 1.54) is 5.56 Å². The minimum Gasteiger partial charge on any atom is -0.298 e. The molecule has 1 N–H and O–H groups in total. The van der Waals surface area contributed by atoms with Gasteiger partial charge >= 0.3 is 0 Å². The SMILES string of the molecule is CC(C)C(=O)CNS(=O)(=O)c1ccc(C2CC2(C)C)cc1. The van der Waals surface area contributed by atoms with Crippen molar-refractivity contribution in [1.29, 1.82) is 0 Å². The molecule has 0 aliphatic heterocycles. The van der Waals surface area contributed by atoms with E-state index in [2.05, 4.69) is 18.6 Å². The van der Waals surface area contributed by atoms with Crippen molar-refractivity contribution in [2.75, 3.05) is 6.54 Å². The van der Waals surface area contributed by atoms with Gasteiger partial charge < -0.3 is 0 Å². The summed E-state index contributed by atoms with van der Waals surface area (Å²) in [5, 5.41) is 0. The predicted octanol–water partition coefficient (Wildman–Crippen LogP) is 2.70. The lowest BCUT2D eigenvalue weighted by Gasteiger charge is -2.09. The number of ketones is 1. The first kappa shape index (κ1) is 16.2. The van der Waals surface area contributed by atoms with Crippen molar-refractivity contribution in [2.24, 2.45) is 11.3 Å². The highest BCUT2D eigenvalue weighted by Crippen LogP contribution is 2.58. The van der Waals surface area contributed by atoms with Crippen molar-refractivity contribution in [1.82, 2.24) is 4.72 Å². The van der Waals surface area contributed by atoms with E-state index in [9.17, 15) is 13.2 Å². The predicted molar refractivity (Wildman–Crippen MR) is 82.6 cm³/mol. The molecule has 0 heterocycles. The van der Waals surface area contributed by atoms with E-state index >= 15 is 0 Å². The molecule has 1 unspecified atom stereocenters. The molecule has 1 aromatic carbocycles. The molecule has 0 aromatic heterocycles. The second kappa shape index (κ2) is 5.54. The van der Waals surface area contributed by atoms with E-state index in [1.807, 2.05) is 12.1 Å². The molecular weight excluding hydrogens is 286 g/mol. The van der Waals surface area contributed by atoms with Crippen molar-refractivity contribution < 1.29 is 13.2 Å². The lowest BCUT2D eigenvalue weighted by Crippen LogP contribution is -2.31. The van der Waals surface area contributed by atoms with Gasteiger partial charge in [0.05, 0.1) is 11.4 Å². The molecule has 1 atom stereocenters. The number of carbonyl (C=O) groups excluding carboxylic acids is 1. The quantitative estimate of drug-likeness (QED) is 0.879. The highest BCUT2D eigenvalue weighted by atomic mass is 32.2. The van der Waals surface area contributed by atoms with Crippen LogP contribution in [0.15, 0.2) is 29.2 Å². The van der Waals surface area contributed by atoms with Gasteiger partial charge in [-0.25, -0.2) is 13.1 Å². The second-order valence-electron chi connectivity index (χ2n) is 6.76. The minimum absolute atomic E-state index is 0.116. The van der Waals surface area contributed by atoms with Crippen molar-refractivity contribution in [3.63, 3.8) is 0 Å². The zero-order valence-electron chi connectivity index (χ0n) is 13.0. The minimum atomic E-state index is -3.61. The topological polar surface area (TPSA) is 63.2 Å². The zero-order chi connectivity index (χ0) is 15.8. The van der Waals surface area contributed by atoms with E-state index in [4.69, 9.17) is 0 Å². The third kappa shape index (κ3) is 3.71. The van der Waals surface area contributed by atoms with Gasteiger partial charge in [0.25, 0.3) is 0 Å². The molecule has 0 bridgehead atoms. The molecule has 5 heteroatoms. The van der Waals surface area contributed by atoms with Crippen LogP contribution in [0.3, 0.4) is 0 Å². The molecule has 116 valence electrons. The first-order chi connectivity index (χ1) is 9.63. The Hall–Kier alpha value is -1.20. The van der Waals surface area contributed by atoms with Crippen LogP contribution in [0, 0.1) is 11.3 Å². The summed E-state index contributed by atoms with van der Waals surface area (Å²) in [5.74, 6) is 0.229. The van der Waals surface area contributed by atoms with Crippen molar-refractivity contribution >= 4 is 15.8 Å². The summed E-state index contributed by atoms with van der Waals surface area (Å²) in [5.41, 5.74) is 1.50. The van der Waals surface area contributed by atoms with Crippen molar-refractivity contribution in [3.05, 3.63) is 29.8 Å². The van der Waals surface area contributed by atoms with Crippen LogP contribution < -0.4 is 4.72 Å². The maximum absolute atomic E-state index is 12.1. The van der Waals surface area contributed by atoms with Gasteiger partial charge in [0.1, 0.15) is 5.78 Å². The number of nitrogens with one attached hydrogen (secondary N) is 1. The molecule has 4 nitrogen and oxygen atoms in total. The summed E-state index contributed by atoms with van der Waals surface area (Å²) in [6.07, 6.45) is 1.14. The Morgan fingerprint density at radius 2 is 1.81 bits per heavy atom. The zero-order valence-corrected chi connectivity index (χ0v) is 13.8. The summed E-state index contributed by atoms with van der Waals surface area (Å²) >= 11 is 0. The Morgan fingerprint density at radius 1 is 1.29 bits per heavy atom. The molecular formula is C16H23NO3S. The molecule has 1 aliphatic carbocycles. The number of hydrogen-bond acceptors (Lipinski definition) is 3. The Labute approximate surface area is 127 Å². The monoisotopic (exact) mass is 309 g/mol. The van der Waals surface area contributed by atoms with Gasteiger partial charge in [-0.3, -0.25) is 4.79 Å². The largest absolute Gasteiger partial charge is 0.298 e. The lowest BCUT2D eigenvalue weighted by molar-refractivity contribution is -0.120. The summed E-state index contributed by atoms with van der Waals surface area (Å²) in [6.45, 7) is 7.77. The number of Topliss-reactive ketones (excluding diaryl/α,β-unsaturated/α-hetero) is 1. The Morgan fingerprint density at radius 3 is 2.24 bits per heavy atom. The maximum Gasteiger partial charge on any atom is 0.240 e. The summed E-state index contributed by atoms with van der Waals surface area (Å²) in [6, 6.07) is 6.98. The fourth-order valence-corrected chi connectivity index (χ4v) is 3.36.